The van der Waals surface area contributed by atoms with Crippen molar-refractivity contribution in [1.82, 2.24) is 9.80 Å². The summed E-state index contributed by atoms with van der Waals surface area (Å²) in [7, 11) is 5.48. The molecule has 0 aliphatic heterocycles. The van der Waals surface area contributed by atoms with Gasteiger partial charge in [-0.2, -0.15) is 0 Å². The van der Waals surface area contributed by atoms with Crippen LogP contribution in [0.4, 0.5) is 5.69 Å². The van der Waals surface area contributed by atoms with Crippen LogP contribution in [-0.4, -0.2) is 60.0 Å². The molecule has 110 valence electrons. The number of benzene rings is 1. The van der Waals surface area contributed by atoms with Crippen LogP contribution in [0.15, 0.2) is 18.2 Å². The zero-order valence-electron chi connectivity index (χ0n) is 11.9. The molecule has 1 aromatic carbocycles. The molecule has 7 nitrogen and oxygen atoms in total. The summed E-state index contributed by atoms with van der Waals surface area (Å²) >= 11 is 0. The van der Waals surface area contributed by atoms with Gasteiger partial charge in [0.15, 0.2) is 0 Å². The number of nitro benzene ring substituents is 1. The second-order valence-electron chi connectivity index (χ2n) is 4.81. The number of nitrogens with zero attached hydrogens (tertiary/aromatic N) is 3. The molecule has 1 amide bonds. The van der Waals surface area contributed by atoms with E-state index in [1.54, 1.807) is 7.05 Å². The number of nitro groups is 1. The number of phenolic OH excluding ortho intramolecular Hbond substituents is 1. The lowest BCUT2D eigenvalue weighted by Crippen LogP contribution is -2.29. The minimum atomic E-state index is -0.710. The Labute approximate surface area is 117 Å². The lowest BCUT2D eigenvalue weighted by atomic mass is 10.1. The average molecular weight is 281 g/mol. The van der Waals surface area contributed by atoms with E-state index < -0.39 is 22.3 Å². The van der Waals surface area contributed by atoms with E-state index in [4.69, 9.17) is 0 Å². The van der Waals surface area contributed by atoms with Gasteiger partial charge in [0.2, 0.25) is 5.75 Å². The fourth-order valence-corrected chi connectivity index (χ4v) is 1.78. The predicted molar refractivity (Wildman–Crippen MR) is 74.9 cm³/mol. The van der Waals surface area contributed by atoms with Crippen molar-refractivity contribution in [3.05, 3.63) is 33.9 Å². The molecule has 0 spiro atoms. The highest BCUT2D eigenvalue weighted by atomic mass is 16.6. The van der Waals surface area contributed by atoms with Crippen LogP contribution in [0.25, 0.3) is 0 Å². The van der Waals surface area contributed by atoms with Crippen LogP contribution in [0.5, 0.6) is 5.75 Å². The van der Waals surface area contributed by atoms with Gasteiger partial charge in [-0.3, -0.25) is 14.9 Å². The molecule has 20 heavy (non-hydrogen) atoms. The van der Waals surface area contributed by atoms with Gasteiger partial charge < -0.3 is 14.9 Å². The van der Waals surface area contributed by atoms with Gasteiger partial charge in [-0.25, -0.2) is 0 Å². The molecule has 0 aliphatic rings. The monoisotopic (exact) mass is 281 g/mol. The zero-order chi connectivity index (χ0) is 15.3. The van der Waals surface area contributed by atoms with Crippen LogP contribution in [0.3, 0.4) is 0 Å². The van der Waals surface area contributed by atoms with Crippen molar-refractivity contribution in [2.24, 2.45) is 0 Å². The molecule has 0 radical (unpaired) electrons. The lowest BCUT2D eigenvalue weighted by molar-refractivity contribution is -0.385. The van der Waals surface area contributed by atoms with Crippen molar-refractivity contribution in [1.29, 1.82) is 0 Å². The van der Waals surface area contributed by atoms with Gasteiger partial charge in [-0.1, -0.05) is 6.07 Å². The molecule has 0 atom stereocenters. The first-order valence-corrected chi connectivity index (χ1v) is 6.21. The van der Waals surface area contributed by atoms with E-state index in [0.717, 1.165) is 19.0 Å². The molecule has 1 N–H and O–H groups in total. The van der Waals surface area contributed by atoms with Crippen molar-refractivity contribution >= 4 is 11.6 Å². The SMILES string of the molecule is CN(C)CCCN(C)C(=O)c1cccc([N+](=O)[O-])c1O. The van der Waals surface area contributed by atoms with Gasteiger partial charge in [-0.05, 0) is 33.1 Å². The Hall–Kier alpha value is -2.15. The number of para-hydroxylation sites is 1. The summed E-state index contributed by atoms with van der Waals surface area (Å²) in [6.07, 6.45) is 0.783. The molecule has 0 saturated heterocycles. The first-order valence-electron chi connectivity index (χ1n) is 6.21. The number of phenols is 1. The second kappa shape index (κ2) is 6.85. The Balaban J connectivity index is 2.81. The summed E-state index contributed by atoms with van der Waals surface area (Å²) in [5.41, 5.74) is -0.510. The van der Waals surface area contributed by atoms with Crippen molar-refractivity contribution in [2.75, 3.05) is 34.2 Å². The summed E-state index contributed by atoms with van der Waals surface area (Å²) in [5, 5.41) is 20.5. The molecule has 7 heteroatoms. The summed E-state index contributed by atoms with van der Waals surface area (Å²) < 4.78 is 0. The smallest absolute Gasteiger partial charge is 0.311 e. The van der Waals surface area contributed by atoms with Gasteiger partial charge in [0.05, 0.1) is 10.5 Å². The maximum absolute atomic E-state index is 12.1. The van der Waals surface area contributed by atoms with E-state index in [1.165, 1.54) is 17.0 Å². The topological polar surface area (TPSA) is 86.9 Å². The van der Waals surface area contributed by atoms with Crippen LogP contribution in [0.2, 0.25) is 0 Å². The van der Waals surface area contributed by atoms with E-state index in [2.05, 4.69) is 0 Å². The van der Waals surface area contributed by atoms with Crippen molar-refractivity contribution in [2.45, 2.75) is 6.42 Å². The third-order valence-electron chi connectivity index (χ3n) is 2.89. The van der Waals surface area contributed by atoms with E-state index >= 15 is 0 Å². The molecular weight excluding hydrogens is 262 g/mol. The number of hydrogen-bond donors (Lipinski definition) is 1. The van der Waals surface area contributed by atoms with Crippen LogP contribution in [-0.2, 0) is 0 Å². The minimum Gasteiger partial charge on any atom is -0.502 e. The van der Waals surface area contributed by atoms with Crippen LogP contribution in [0.1, 0.15) is 16.8 Å². The molecular formula is C13H19N3O4. The fourth-order valence-electron chi connectivity index (χ4n) is 1.78. The van der Waals surface area contributed by atoms with E-state index in [0.29, 0.717) is 6.54 Å². The van der Waals surface area contributed by atoms with Crippen molar-refractivity contribution in [3.8, 4) is 5.75 Å². The van der Waals surface area contributed by atoms with Gasteiger partial charge in [0, 0.05) is 19.7 Å². The molecule has 0 aromatic heterocycles. The summed E-state index contributed by atoms with van der Waals surface area (Å²) in [4.78, 5) is 25.6. The van der Waals surface area contributed by atoms with Gasteiger partial charge in [0.25, 0.3) is 5.91 Å². The highest BCUT2D eigenvalue weighted by molar-refractivity contribution is 5.97. The highest BCUT2D eigenvalue weighted by Crippen LogP contribution is 2.29. The molecule has 0 aliphatic carbocycles. The molecule has 1 rings (SSSR count). The lowest BCUT2D eigenvalue weighted by Gasteiger charge is -2.19. The normalized spacial score (nSPS) is 10.6. The largest absolute Gasteiger partial charge is 0.502 e. The first kappa shape index (κ1) is 15.9. The maximum Gasteiger partial charge on any atom is 0.311 e. The minimum absolute atomic E-state index is 0.0495. The molecule has 0 saturated carbocycles. The van der Waals surface area contributed by atoms with Gasteiger partial charge in [-0.15, -0.1) is 0 Å². The number of amides is 1. The Morgan fingerprint density at radius 2 is 1.95 bits per heavy atom. The third-order valence-corrected chi connectivity index (χ3v) is 2.89. The first-order chi connectivity index (χ1) is 9.34. The average Bonchev–Trinajstić information content (AvgIpc) is 2.37. The number of aromatic hydroxyl groups is 1. The van der Waals surface area contributed by atoms with E-state index in [-0.39, 0.29) is 5.56 Å². The quantitative estimate of drug-likeness (QED) is 0.627. The maximum atomic E-state index is 12.1. The van der Waals surface area contributed by atoms with Crippen molar-refractivity contribution in [3.63, 3.8) is 0 Å². The Bertz CT molecular complexity index is 502. The van der Waals surface area contributed by atoms with Crippen LogP contribution >= 0.6 is 0 Å². The van der Waals surface area contributed by atoms with Gasteiger partial charge >= 0.3 is 5.69 Å². The zero-order valence-corrected chi connectivity index (χ0v) is 11.9. The van der Waals surface area contributed by atoms with E-state index in [9.17, 15) is 20.0 Å². The second-order valence-corrected chi connectivity index (χ2v) is 4.81. The number of carbonyl (C=O) groups excluding carboxylic acids is 1. The van der Waals surface area contributed by atoms with Crippen molar-refractivity contribution < 1.29 is 14.8 Å². The van der Waals surface area contributed by atoms with E-state index in [1.807, 2.05) is 19.0 Å². The van der Waals surface area contributed by atoms with Crippen LogP contribution in [0, 0.1) is 10.1 Å². The van der Waals surface area contributed by atoms with Gasteiger partial charge in [0.1, 0.15) is 0 Å². The summed E-state index contributed by atoms with van der Waals surface area (Å²) in [5.74, 6) is -1.01. The van der Waals surface area contributed by atoms with Crippen LogP contribution < -0.4 is 0 Å². The molecule has 0 bridgehead atoms. The molecule has 0 heterocycles. The predicted octanol–water partition coefficient (Wildman–Crippen LogP) is 1.32. The number of rotatable bonds is 6. The Morgan fingerprint density at radius 1 is 1.30 bits per heavy atom. The molecule has 1 aromatic rings. The fraction of sp³-hybridized carbons (Fsp3) is 0.462. The number of hydrogen-bond acceptors (Lipinski definition) is 5. The molecule has 0 unspecified atom stereocenters. The summed E-state index contributed by atoms with van der Waals surface area (Å²) in [6.45, 7) is 1.34. The Morgan fingerprint density at radius 3 is 2.50 bits per heavy atom. The Kier molecular flexibility index (Phi) is 5.45. The summed E-state index contributed by atoms with van der Waals surface area (Å²) in [6, 6.07) is 3.93. The highest BCUT2D eigenvalue weighted by Gasteiger charge is 2.22. The standard InChI is InChI=1S/C13H19N3O4/c1-14(2)8-5-9-15(3)13(18)10-6-4-7-11(12(10)17)16(19)20/h4,6-7,17H,5,8-9H2,1-3H3. The molecule has 0 fully saturated rings. The number of carbonyl (C=O) groups is 1. The third kappa shape index (κ3) is 3.92.